The van der Waals surface area contributed by atoms with Crippen LogP contribution in [0.25, 0.3) is 0 Å². The molecule has 0 aromatic rings. The van der Waals surface area contributed by atoms with E-state index in [1.165, 1.54) is 0 Å². The molecule has 106 valence electrons. The van der Waals surface area contributed by atoms with E-state index < -0.39 is 41.6 Å². The summed E-state index contributed by atoms with van der Waals surface area (Å²) in [7, 11) is 0. The molecule has 0 aromatic carbocycles. The first-order valence-electron chi connectivity index (χ1n) is 6.72. The Labute approximate surface area is 115 Å². The molecule has 4 unspecified atom stereocenters. The molecule has 2 saturated heterocycles. The first-order valence-corrected chi connectivity index (χ1v) is 6.72. The number of ether oxygens (including phenoxy) is 2. The average molecular weight is 278 g/mol. The molecule has 20 heavy (non-hydrogen) atoms. The van der Waals surface area contributed by atoms with E-state index >= 15 is 0 Å². The molecule has 0 spiro atoms. The van der Waals surface area contributed by atoms with E-state index in [4.69, 9.17) is 4.74 Å². The Hall–Kier alpha value is -1.98. The minimum atomic E-state index is -0.548. The molecule has 0 bridgehead atoms. The minimum absolute atomic E-state index is 0.0391. The lowest BCUT2D eigenvalue weighted by molar-refractivity contribution is -0.155. The Balaban J connectivity index is 1.92. The third-order valence-corrected chi connectivity index (χ3v) is 4.34. The minimum Gasteiger partial charge on any atom is -0.393 e. The van der Waals surface area contributed by atoms with Gasteiger partial charge >= 0.3 is 23.9 Å². The number of esters is 4. The quantitative estimate of drug-likeness (QED) is 0.421. The highest BCUT2D eigenvalue weighted by Gasteiger charge is 2.51. The van der Waals surface area contributed by atoms with E-state index in [9.17, 15) is 19.2 Å². The van der Waals surface area contributed by atoms with Crippen molar-refractivity contribution < 1.29 is 28.7 Å². The fraction of sp³-hybridized carbons (Fsp3) is 0.571. The number of carbonyl (C=O) groups excluding carboxylic acids is 4. The van der Waals surface area contributed by atoms with E-state index in [1.54, 1.807) is 0 Å². The summed E-state index contributed by atoms with van der Waals surface area (Å²) in [6, 6.07) is 0. The highest BCUT2D eigenvalue weighted by atomic mass is 16.6. The van der Waals surface area contributed by atoms with Gasteiger partial charge in [0.15, 0.2) is 0 Å². The summed E-state index contributed by atoms with van der Waals surface area (Å²) in [4.78, 5) is 46.3. The lowest BCUT2D eigenvalue weighted by Crippen LogP contribution is -2.31. The Morgan fingerprint density at radius 3 is 2.35 bits per heavy atom. The predicted octanol–water partition coefficient (Wildman–Crippen LogP) is 0.748. The molecule has 6 nitrogen and oxygen atoms in total. The van der Waals surface area contributed by atoms with Crippen LogP contribution in [-0.4, -0.2) is 23.9 Å². The standard InChI is InChI=1S/C14H14O6/c1-2-6-3-7(8-5-10(15)19-12(8)16)4-9-11(6)14(18)20-13(9)17/h3,7-9,11H,2,4-5H2,1H3. The molecule has 6 heteroatoms. The zero-order valence-corrected chi connectivity index (χ0v) is 11.0. The summed E-state index contributed by atoms with van der Waals surface area (Å²) < 4.78 is 9.26. The van der Waals surface area contributed by atoms with Crippen LogP contribution in [0.5, 0.6) is 0 Å². The number of cyclic esters (lactones) is 4. The molecular formula is C14H14O6. The van der Waals surface area contributed by atoms with Crippen LogP contribution in [0.1, 0.15) is 26.2 Å². The molecule has 2 heterocycles. The number of hydrogen-bond acceptors (Lipinski definition) is 6. The van der Waals surface area contributed by atoms with Gasteiger partial charge in [0.1, 0.15) is 0 Å². The largest absolute Gasteiger partial charge is 0.393 e. The highest BCUT2D eigenvalue weighted by Crippen LogP contribution is 2.44. The van der Waals surface area contributed by atoms with Crippen LogP contribution in [0.15, 0.2) is 11.6 Å². The Bertz CT molecular complexity index is 546. The fourth-order valence-electron chi connectivity index (χ4n) is 3.36. The van der Waals surface area contributed by atoms with Crippen molar-refractivity contribution in [2.45, 2.75) is 26.2 Å². The number of hydrogen-bond donors (Lipinski definition) is 0. The second-order valence-corrected chi connectivity index (χ2v) is 5.42. The highest BCUT2D eigenvalue weighted by molar-refractivity contribution is 5.99. The predicted molar refractivity (Wildman–Crippen MR) is 63.8 cm³/mol. The van der Waals surface area contributed by atoms with Crippen molar-refractivity contribution in [2.75, 3.05) is 0 Å². The van der Waals surface area contributed by atoms with Crippen molar-refractivity contribution in [2.24, 2.45) is 23.7 Å². The maximum Gasteiger partial charge on any atom is 0.321 e. The summed E-state index contributed by atoms with van der Waals surface area (Å²) in [5.41, 5.74) is 0.814. The number of allylic oxidation sites excluding steroid dienone is 1. The number of carbonyl (C=O) groups is 4. The summed E-state index contributed by atoms with van der Waals surface area (Å²) in [6.07, 6.45) is 2.85. The summed E-state index contributed by atoms with van der Waals surface area (Å²) in [5, 5.41) is 0. The summed E-state index contributed by atoms with van der Waals surface area (Å²) >= 11 is 0. The monoisotopic (exact) mass is 278 g/mol. The van der Waals surface area contributed by atoms with Crippen molar-refractivity contribution >= 4 is 23.9 Å². The van der Waals surface area contributed by atoms with Gasteiger partial charge in [-0.3, -0.25) is 19.2 Å². The van der Waals surface area contributed by atoms with Gasteiger partial charge in [-0.1, -0.05) is 18.6 Å². The van der Waals surface area contributed by atoms with Gasteiger partial charge in [-0.2, -0.15) is 0 Å². The van der Waals surface area contributed by atoms with Crippen LogP contribution < -0.4 is 0 Å². The van der Waals surface area contributed by atoms with E-state index in [1.807, 2.05) is 13.0 Å². The maximum absolute atomic E-state index is 11.7. The van der Waals surface area contributed by atoms with Crippen LogP contribution in [0.2, 0.25) is 0 Å². The van der Waals surface area contributed by atoms with E-state index in [2.05, 4.69) is 4.74 Å². The second kappa shape index (κ2) is 4.54. The van der Waals surface area contributed by atoms with Gasteiger partial charge < -0.3 is 9.47 Å². The molecule has 0 amide bonds. The zero-order valence-electron chi connectivity index (χ0n) is 11.0. The molecule has 2 fully saturated rings. The Morgan fingerprint density at radius 1 is 1.05 bits per heavy atom. The van der Waals surface area contributed by atoms with Gasteiger partial charge in [0.25, 0.3) is 0 Å². The molecule has 3 rings (SSSR count). The van der Waals surface area contributed by atoms with Gasteiger partial charge in [0.05, 0.1) is 24.2 Å². The third kappa shape index (κ3) is 1.87. The summed E-state index contributed by atoms with van der Waals surface area (Å²) in [5.74, 6) is -3.94. The lowest BCUT2D eigenvalue weighted by Gasteiger charge is -2.29. The topological polar surface area (TPSA) is 86.7 Å². The van der Waals surface area contributed by atoms with Crippen LogP contribution in [-0.2, 0) is 28.7 Å². The molecule has 0 radical (unpaired) electrons. The Morgan fingerprint density at radius 2 is 1.75 bits per heavy atom. The normalized spacial score (nSPS) is 36.5. The van der Waals surface area contributed by atoms with E-state index in [0.717, 1.165) is 5.57 Å². The van der Waals surface area contributed by atoms with Gasteiger partial charge in [-0.05, 0) is 18.8 Å². The second-order valence-electron chi connectivity index (χ2n) is 5.42. The van der Waals surface area contributed by atoms with E-state index in [-0.39, 0.29) is 12.3 Å². The lowest BCUT2D eigenvalue weighted by atomic mass is 9.70. The smallest absolute Gasteiger partial charge is 0.321 e. The fourth-order valence-corrected chi connectivity index (χ4v) is 3.36. The van der Waals surface area contributed by atoms with Crippen molar-refractivity contribution in [1.82, 2.24) is 0 Å². The third-order valence-electron chi connectivity index (χ3n) is 4.34. The molecule has 3 aliphatic rings. The number of fused-ring (bicyclic) bond motifs is 1. The first-order chi connectivity index (χ1) is 9.51. The zero-order chi connectivity index (χ0) is 14.4. The molecule has 0 N–H and O–H groups in total. The van der Waals surface area contributed by atoms with Gasteiger partial charge in [-0.25, -0.2) is 0 Å². The first kappa shape index (κ1) is 13.0. The maximum atomic E-state index is 11.7. The molecule has 1 aliphatic carbocycles. The molecule has 2 aliphatic heterocycles. The molecular weight excluding hydrogens is 264 g/mol. The average Bonchev–Trinajstić information content (AvgIpc) is 2.89. The van der Waals surface area contributed by atoms with Crippen molar-refractivity contribution in [3.05, 3.63) is 11.6 Å². The SMILES string of the molecule is CCC1=CC(C2CC(=O)OC2=O)CC2C(=O)OC(=O)C12. The summed E-state index contributed by atoms with van der Waals surface area (Å²) in [6.45, 7) is 1.89. The van der Waals surface area contributed by atoms with Gasteiger partial charge in [-0.15, -0.1) is 0 Å². The van der Waals surface area contributed by atoms with Gasteiger partial charge in [0.2, 0.25) is 0 Å². The van der Waals surface area contributed by atoms with Crippen molar-refractivity contribution in [3.8, 4) is 0 Å². The molecule has 0 aromatic heterocycles. The molecule has 4 atom stereocenters. The van der Waals surface area contributed by atoms with Crippen molar-refractivity contribution in [3.63, 3.8) is 0 Å². The van der Waals surface area contributed by atoms with Crippen LogP contribution in [0, 0.1) is 23.7 Å². The van der Waals surface area contributed by atoms with Crippen molar-refractivity contribution in [1.29, 1.82) is 0 Å². The van der Waals surface area contributed by atoms with Crippen LogP contribution in [0.4, 0.5) is 0 Å². The van der Waals surface area contributed by atoms with E-state index in [0.29, 0.717) is 12.8 Å². The number of rotatable bonds is 2. The van der Waals surface area contributed by atoms with Crippen LogP contribution >= 0.6 is 0 Å². The Kier molecular flexibility index (Phi) is 2.96. The molecule has 0 saturated carbocycles. The van der Waals surface area contributed by atoms with Crippen LogP contribution in [0.3, 0.4) is 0 Å². The van der Waals surface area contributed by atoms with Gasteiger partial charge in [0, 0.05) is 0 Å².